The fourth-order valence-electron chi connectivity index (χ4n) is 2.06. The van der Waals surface area contributed by atoms with Gasteiger partial charge < -0.3 is 15.8 Å². The van der Waals surface area contributed by atoms with Crippen LogP contribution in [-0.4, -0.2) is 23.8 Å². The number of amides is 1. The molecule has 1 aliphatic rings. The second-order valence-corrected chi connectivity index (χ2v) is 6.08. The Kier molecular flexibility index (Phi) is 5.20. The Labute approximate surface area is 110 Å². The highest BCUT2D eigenvalue weighted by atomic mass is 16.6. The molecule has 0 radical (unpaired) electrons. The third-order valence-corrected chi connectivity index (χ3v) is 3.06. The molecule has 0 aromatic heterocycles. The summed E-state index contributed by atoms with van der Waals surface area (Å²) in [5.41, 5.74) is 7.05. The van der Waals surface area contributed by atoms with Crippen molar-refractivity contribution in [2.24, 2.45) is 5.73 Å². The molecule has 0 heterocycles. The van der Waals surface area contributed by atoms with Crippen LogP contribution in [0.15, 0.2) is 11.6 Å². The average molecular weight is 254 g/mol. The summed E-state index contributed by atoms with van der Waals surface area (Å²) < 4.78 is 5.26. The molecule has 0 unspecified atom stereocenters. The Morgan fingerprint density at radius 2 is 2.11 bits per heavy atom. The quantitative estimate of drug-likeness (QED) is 0.707. The molecular weight excluding hydrogens is 228 g/mol. The van der Waals surface area contributed by atoms with Gasteiger partial charge in [-0.3, -0.25) is 0 Å². The molecule has 1 aliphatic carbocycles. The first-order valence-corrected chi connectivity index (χ1v) is 6.68. The molecule has 0 saturated heterocycles. The van der Waals surface area contributed by atoms with E-state index < -0.39 is 5.60 Å². The van der Waals surface area contributed by atoms with Gasteiger partial charge in [-0.05, 0) is 53.4 Å². The largest absolute Gasteiger partial charge is 0.444 e. The third kappa shape index (κ3) is 5.54. The molecule has 1 amide bonds. The number of allylic oxidation sites excluding steroid dienone is 2. The van der Waals surface area contributed by atoms with Gasteiger partial charge in [-0.15, -0.1) is 0 Å². The summed E-state index contributed by atoms with van der Waals surface area (Å²) in [5.74, 6) is 0. The molecule has 0 aliphatic heterocycles. The first-order valence-electron chi connectivity index (χ1n) is 6.68. The van der Waals surface area contributed by atoms with Crippen LogP contribution in [0.5, 0.6) is 0 Å². The summed E-state index contributed by atoms with van der Waals surface area (Å²) in [4.78, 5) is 11.7. The molecule has 18 heavy (non-hydrogen) atoms. The van der Waals surface area contributed by atoms with Crippen LogP contribution in [0.1, 0.15) is 53.4 Å². The third-order valence-electron chi connectivity index (χ3n) is 3.06. The van der Waals surface area contributed by atoms with E-state index in [9.17, 15) is 4.79 Å². The van der Waals surface area contributed by atoms with Gasteiger partial charge in [-0.25, -0.2) is 4.79 Å². The first-order chi connectivity index (χ1) is 8.28. The number of nitrogens with two attached hydrogens (primary N) is 1. The van der Waals surface area contributed by atoms with Crippen LogP contribution in [0.25, 0.3) is 0 Å². The van der Waals surface area contributed by atoms with E-state index in [1.165, 1.54) is 5.57 Å². The average Bonchev–Trinajstić information content (AvgIpc) is 2.20. The van der Waals surface area contributed by atoms with Crippen molar-refractivity contribution in [1.82, 2.24) is 5.32 Å². The Balaban J connectivity index is 2.52. The van der Waals surface area contributed by atoms with E-state index in [0.717, 1.165) is 25.7 Å². The van der Waals surface area contributed by atoms with Crippen LogP contribution in [0.2, 0.25) is 0 Å². The Hall–Kier alpha value is -1.03. The van der Waals surface area contributed by atoms with Crippen molar-refractivity contribution in [1.29, 1.82) is 0 Å². The minimum Gasteiger partial charge on any atom is -0.444 e. The summed E-state index contributed by atoms with van der Waals surface area (Å²) in [6, 6.07) is 0.00497. The maximum Gasteiger partial charge on any atom is 0.407 e. The molecule has 1 rings (SSSR count). The van der Waals surface area contributed by atoms with Gasteiger partial charge in [0.2, 0.25) is 0 Å². The SMILES string of the molecule is C/C1=C\CC[C@@H](NC(=O)OC(C)(C)C)[C@@H](N)CC1. The molecule has 0 aromatic rings. The lowest BCUT2D eigenvalue weighted by molar-refractivity contribution is 0.0492. The summed E-state index contributed by atoms with van der Waals surface area (Å²) in [6.45, 7) is 7.71. The minimum absolute atomic E-state index is 0.00108. The Morgan fingerprint density at radius 3 is 2.72 bits per heavy atom. The molecular formula is C14H26N2O2. The van der Waals surface area contributed by atoms with Crippen molar-refractivity contribution in [2.45, 2.75) is 71.1 Å². The van der Waals surface area contributed by atoms with Crippen LogP contribution >= 0.6 is 0 Å². The number of carbonyl (C=O) groups excluding carboxylic acids is 1. The molecule has 0 bridgehead atoms. The number of ether oxygens (including phenoxy) is 1. The van der Waals surface area contributed by atoms with Gasteiger partial charge in [-0.2, -0.15) is 0 Å². The van der Waals surface area contributed by atoms with E-state index in [4.69, 9.17) is 10.5 Å². The zero-order valence-electron chi connectivity index (χ0n) is 12.0. The number of rotatable bonds is 1. The lowest BCUT2D eigenvalue weighted by Gasteiger charge is -2.28. The molecule has 0 aromatic carbocycles. The van der Waals surface area contributed by atoms with Crippen molar-refractivity contribution >= 4 is 6.09 Å². The van der Waals surface area contributed by atoms with Gasteiger partial charge in [0.15, 0.2) is 0 Å². The molecule has 0 spiro atoms. The highest BCUT2D eigenvalue weighted by Gasteiger charge is 2.23. The summed E-state index contributed by atoms with van der Waals surface area (Å²) >= 11 is 0. The molecule has 3 N–H and O–H groups in total. The Bertz CT molecular complexity index is 318. The topological polar surface area (TPSA) is 64.3 Å². The molecule has 4 nitrogen and oxygen atoms in total. The summed E-state index contributed by atoms with van der Waals surface area (Å²) in [7, 11) is 0. The maximum absolute atomic E-state index is 11.7. The summed E-state index contributed by atoms with van der Waals surface area (Å²) in [6.07, 6.45) is 5.60. The zero-order chi connectivity index (χ0) is 13.8. The van der Waals surface area contributed by atoms with Gasteiger partial charge in [-0.1, -0.05) is 11.6 Å². The van der Waals surface area contributed by atoms with E-state index in [-0.39, 0.29) is 18.2 Å². The molecule has 2 atom stereocenters. The smallest absolute Gasteiger partial charge is 0.407 e. The summed E-state index contributed by atoms with van der Waals surface area (Å²) in [5, 5.41) is 2.89. The van der Waals surface area contributed by atoms with Crippen LogP contribution in [0, 0.1) is 0 Å². The van der Waals surface area contributed by atoms with E-state index in [2.05, 4.69) is 18.3 Å². The maximum atomic E-state index is 11.7. The fraction of sp³-hybridized carbons (Fsp3) is 0.786. The highest BCUT2D eigenvalue weighted by Crippen LogP contribution is 2.17. The normalized spacial score (nSPS) is 28.6. The minimum atomic E-state index is -0.466. The monoisotopic (exact) mass is 254 g/mol. The van der Waals surface area contributed by atoms with E-state index >= 15 is 0 Å². The fourth-order valence-corrected chi connectivity index (χ4v) is 2.06. The lowest BCUT2D eigenvalue weighted by Crippen LogP contribution is -2.49. The van der Waals surface area contributed by atoms with Crippen molar-refractivity contribution in [2.75, 3.05) is 0 Å². The van der Waals surface area contributed by atoms with Crippen molar-refractivity contribution in [3.8, 4) is 0 Å². The van der Waals surface area contributed by atoms with E-state index in [0.29, 0.717) is 0 Å². The molecule has 0 fully saturated rings. The predicted molar refractivity (Wildman–Crippen MR) is 73.4 cm³/mol. The predicted octanol–water partition coefficient (Wildman–Crippen LogP) is 2.73. The van der Waals surface area contributed by atoms with Crippen molar-refractivity contribution in [3.63, 3.8) is 0 Å². The highest BCUT2D eigenvalue weighted by molar-refractivity contribution is 5.68. The van der Waals surface area contributed by atoms with E-state index in [1.54, 1.807) is 0 Å². The zero-order valence-corrected chi connectivity index (χ0v) is 12.0. The van der Waals surface area contributed by atoms with Gasteiger partial charge in [0.05, 0.1) is 0 Å². The second kappa shape index (κ2) is 6.23. The number of carbonyl (C=O) groups is 1. The van der Waals surface area contributed by atoms with Gasteiger partial charge in [0, 0.05) is 12.1 Å². The van der Waals surface area contributed by atoms with Crippen LogP contribution < -0.4 is 11.1 Å². The van der Waals surface area contributed by atoms with Crippen LogP contribution in [0.4, 0.5) is 4.79 Å². The number of nitrogens with one attached hydrogen (secondary N) is 1. The van der Waals surface area contributed by atoms with Crippen LogP contribution in [-0.2, 0) is 4.74 Å². The number of hydrogen-bond donors (Lipinski definition) is 2. The van der Waals surface area contributed by atoms with Crippen molar-refractivity contribution in [3.05, 3.63) is 11.6 Å². The lowest BCUT2D eigenvalue weighted by atomic mass is 9.93. The number of alkyl carbamates (subject to hydrolysis) is 1. The molecule has 104 valence electrons. The standard InChI is InChI=1S/C14H26N2O2/c1-10-6-5-7-12(11(15)9-8-10)16-13(17)18-14(2,3)4/h6,11-12H,5,7-9,15H2,1-4H3,(H,16,17)/b10-6+/t11-,12+/m0/s1. The second-order valence-electron chi connectivity index (χ2n) is 6.08. The van der Waals surface area contributed by atoms with Gasteiger partial charge in [0.25, 0.3) is 0 Å². The first kappa shape index (κ1) is 15.0. The van der Waals surface area contributed by atoms with Gasteiger partial charge >= 0.3 is 6.09 Å². The molecule has 4 heteroatoms. The van der Waals surface area contributed by atoms with Gasteiger partial charge in [0.1, 0.15) is 5.60 Å². The molecule has 0 saturated carbocycles. The van der Waals surface area contributed by atoms with Crippen molar-refractivity contribution < 1.29 is 9.53 Å². The van der Waals surface area contributed by atoms with E-state index in [1.807, 2.05) is 20.8 Å². The number of hydrogen-bond acceptors (Lipinski definition) is 3. The Morgan fingerprint density at radius 1 is 1.44 bits per heavy atom. The van der Waals surface area contributed by atoms with Crippen LogP contribution in [0.3, 0.4) is 0 Å².